The van der Waals surface area contributed by atoms with Gasteiger partial charge in [-0.15, -0.1) is 0 Å². The number of hydrogen-bond acceptors (Lipinski definition) is 4. The Balaban J connectivity index is 2.03. The number of aromatic nitrogens is 2. The molecule has 0 radical (unpaired) electrons. The fraction of sp³-hybridized carbons (Fsp3) is 0.667. The number of thioether (sulfide) groups is 1. The van der Waals surface area contributed by atoms with Crippen LogP contribution in [0.25, 0.3) is 0 Å². The molecular weight excluding hydrogens is 256 g/mol. The lowest BCUT2D eigenvalue weighted by Crippen LogP contribution is -2.16. The normalized spacial score (nSPS) is 17.8. The van der Waals surface area contributed by atoms with Gasteiger partial charge >= 0.3 is 0 Å². The Morgan fingerprint density at radius 2 is 1.94 bits per heavy atom. The highest BCUT2D eigenvalue weighted by Gasteiger charge is 2.15. The zero-order chi connectivity index (χ0) is 12.1. The van der Waals surface area contributed by atoms with E-state index >= 15 is 0 Å². The van der Waals surface area contributed by atoms with Gasteiger partial charge in [-0.3, -0.25) is 0 Å². The molecule has 1 aromatic heterocycles. The zero-order valence-electron chi connectivity index (χ0n) is 9.99. The van der Waals surface area contributed by atoms with Crippen LogP contribution in [0.4, 0.5) is 0 Å². The van der Waals surface area contributed by atoms with E-state index in [0.29, 0.717) is 16.2 Å². The van der Waals surface area contributed by atoms with E-state index in [4.69, 9.17) is 16.3 Å². The molecule has 2 rings (SSSR count). The van der Waals surface area contributed by atoms with Gasteiger partial charge in [-0.2, -0.15) is 4.98 Å². The third kappa shape index (κ3) is 4.03. The summed E-state index contributed by atoms with van der Waals surface area (Å²) in [6, 6.07) is 1.70. The van der Waals surface area contributed by atoms with Crippen LogP contribution in [-0.4, -0.2) is 22.3 Å². The Kier molecular flexibility index (Phi) is 4.92. The van der Waals surface area contributed by atoms with Gasteiger partial charge in [0.2, 0.25) is 5.88 Å². The molecule has 3 nitrogen and oxygen atoms in total. The van der Waals surface area contributed by atoms with Crippen molar-refractivity contribution in [2.24, 2.45) is 0 Å². The van der Waals surface area contributed by atoms with Crippen LogP contribution in [0, 0.1) is 0 Å². The van der Waals surface area contributed by atoms with E-state index in [1.54, 1.807) is 6.07 Å². The van der Waals surface area contributed by atoms with Gasteiger partial charge in [0.1, 0.15) is 11.3 Å². The summed E-state index contributed by atoms with van der Waals surface area (Å²) in [7, 11) is 0. The van der Waals surface area contributed by atoms with E-state index < -0.39 is 0 Å². The Hall–Kier alpha value is -0.480. The highest BCUT2D eigenvalue weighted by atomic mass is 35.5. The third-order valence-electron chi connectivity index (χ3n) is 2.92. The van der Waals surface area contributed by atoms with Crippen LogP contribution in [0.1, 0.15) is 38.5 Å². The molecule has 5 heteroatoms. The maximum Gasteiger partial charge on any atom is 0.219 e. The van der Waals surface area contributed by atoms with Gasteiger partial charge in [0.05, 0.1) is 0 Å². The van der Waals surface area contributed by atoms with Crippen LogP contribution in [-0.2, 0) is 0 Å². The quantitative estimate of drug-likeness (QED) is 0.361. The molecule has 1 aliphatic rings. The molecule has 1 saturated carbocycles. The molecule has 1 aromatic rings. The summed E-state index contributed by atoms with van der Waals surface area (Å²) in [5, 5.41) is 1.12. The van der Waals surface area contributed by atoms with E-state index in [2.05, 4.69) is 9.97 Å². The second-order valence-electron chi connectivity index (χ2n) is 4.25. The first kappa shape index (κ1) is 13.0. The van der Waals surface area contributed by atoms with Gasteiger partial charge in [-0.05, 0) is 31.9 Å². The Bertz CT molecular complexity index is 368. The summed E-state index contributed by atoms with van der Waals surface area (Å²) < 4.78 is 5.91. The fourth-order valence-corrected chi connectivity index (χ4v) is 2.65. The van der Waals surface area contributed by atoms with Crippen molar-refractivity contribution in [3.63, 3.8) is 0 Å². The average molecular weight is 273 g/mol. The van der Waals surface area contributed by atoms with Crippen molar-refractivity contribution >= 4 is 23.4 Å². The summed E-state index contributed by atoms with van der Waals surface area (Å²) in [5.74, 6) is 0.612. The molecule has 0 saturated heterocycles. The van der Waals surface area contributed by atoms with Gasteiger partial charge in [0.25, 0.3) is 0 Å². The molecule has 0 atom stereocenters. The maximum atomic E-state index is 5.93. The first-order valence-corrected chi connectivity index (χ1v) is 7.63. The SMILES string of the molecule is CSc1nc(Cl)cc(OC2CCCCCC2)n1. The first-order chi connectivity index (χ1) is 8.28. The monoisotopic (exact) mass is 272 g/mol. The van der Waals surface area contributed by atoms with Crippen molar-refractivity contribution < 1.29 is 4.74 Å². The second kappa shape index (κ2) is 6.45. The smallest absolute Gasteiger partial charge is 0.219 e. The Morgan fingerprint density at radius 3 is 2.59 bits per heavy atom. The predicted molar refractivity (Wildman–Crippen MR) is 70.9 cm³/mol. The summed E-state index contributed by atoms with van der Waals surface area (Å²) in [4.78, 5) is 8.42. The minimum absolute atomic E-state index is 0.290. The van der Waals surface area contributed by atoms with E-state index in [-0.39, 0.29) is 6.10 Å². The maximum absolute atomic E-state index is 5.93. The van der Waals surface area contributed by atoms with Crippen molar-refractivity contribution in [1.82, 2.24) is 9.97 Å². The van der Waals surface area contributed by atoms with Crippen molar-refractivity contribution in [1.29, 1.82) is 0 Å². The predicted octanol–water partition coefficient (Wildman–Crippen LogP) is 3.95. The Labute approximate surface area is 111 Å². The van der Waals surface area contributed by atoms with Gasteiger partial charge < -0.3 is 4.74 Å². The highest BCUT2D eigenvalue weighted by molar-refractivity contribution is 7.98. The highest BCUT2D eigenvalue weighted by Crippen LogP contribution is 2.24. The number of ether oxygens (including phenoxy) is 1. The lowest BCUT2D eigenvalue weighted by Gasteiger charge is -2.16. The van der Waals surface area contributed by atoms with Gasteiger partial charge in [-0.25, -0.2) is 4.98 Å². The molecule has 0 bridgehead atoms. The van der Waals surface area contributed by atoms with E-state index in [9.17, 15) is 0 Å². The minimum atomic E-state index is 0.290. The van der Waals surface area contributed by atoms with Crippen LogP contribution < -0.4 is 4.74 Å². The third-order valence-corrected chi connectivity index (χ3v) is 3.66. The van der Waals surface area contributed by atoms with Crippen LogP contribution in [0.3, 0.4) is 0 Å². The van der Waals surface area contributed by atoms with Crippen molar-refractivity contribution in [3.05, 3.63) is 11.2 Å². The van der Waals surface area contributed by atoms with E-state index in [0.717, 1.165) is 12.8 Å². The lowest BCUT2D eigenvalue weighted by atomic mass is 10.1. The standard InChI is InChI=1S/C12H17ClN2OS/c1-17-12-14-10(13)8-11(15-12)16-9-6-4-2-3-5-7-9/h8-9H,2-7H2,1H3. The molecule has 0 aliphatic heterocycles. The number of halogens is 1. The Morgan fingerprint density at radius 1 is 1.24 bits per heavy atom. The van der Waals surface area contributed by atoms with Crippen LogP contribution in [0.15, 0.2) is 11.2 Å². The zero-order valence-corrected chi connectivity index (χ0v) is 11.6. The number of rotatable bonds is 3. The molecular formula is C12H17ClN2OS. The second-order valence-corrected chi connectivity index (χ2v) is 5.41. The van der Waals surface area contributed by atoms with E-state index in [1.165, 1.54) is 37.4 Å². The molecule has 1 heterocycles. The summed E-state index contributed by atoms with van der Waals surface area (Å²) in [6.07, 6.45) is 9.60. The van der Waals surface area contributed by atoms with Crippen LogP contribution in [0.2, 0.25) is 5.15 Å². The minimum Gasteiger partial charge on any atom is -0.474 e. The average Bonchev–Trinajstić information content (AvgIpc) is 2.57. The van der Waals surface area contributed by atoms with Gasteiger partial charge in [0, 0.05) is 6.07 Å². The summed E-state index contributed by atoms with van der Waals surface area (Å²) in [6.45, 7) is 0. The first-order valence-electron chi connectivity index (χ1n) is 6.03. The molecule has 0 unspecified atom stereocenters. The van der Waals surface area contributed by atoms with Crippen LogP contribution >= 0.6 is 23.4 Å². The molecule has 17 heavy (non-hydrogen) atoms. The van der Waals surface area contributed by atoms with Crippen molar-refractivity contribution in [2.75, 3.05) is 6.26 Å². The largest absolute Gasteiger partial charge is 0.474 e. The van der Waals surface area contributed by atoms with Crippen molar-refractivity contribution in [3.8, 4) is 5.88 Å². The van der Waals surface area contributed by atoms with E-state index in [1.807, 2.05) is 6.26 Å². The fourth-order valence-electron chi connectivity index (χ4n) is 2.06. The van der Waals surface area contributed by atoms with Gasteiger partial charge in [0.15, 0.2) is 5.16 Å². The molecule has 94 valence electrons. The molecule has 0 N–H and O–H groups in total. The topological polar surface area (TPSA) is 35.0 Å². The molecule has 0 spiro atoms. The summed E-state index contributed by atoms with van der Waals surface area (Å²) in [5.41, 5.74) is 0. The van der Waals surface area contributed by atoms with Gasteiger partial charge in [-0.1, -0.05) is 36.2 Å². The molecule has 0 aromatic carbocycles. The lowest BCUT2D eigenvalue weighted by molar-refractivity contribution is 0.174. The molecule has 1 fully saturated rings. The summed E-state index contributed by atoms with van der Waals surface area (Å²) >= 11 is 7.41. The van der Waals surface area contributed by atoms with Crippen molar-refractivity contribution in [2.45, 2.75) is 49.8 Å². The molecule has 1 aliphatic carbocycles. The molecule has 0 amide bonds. The number of nitrogens with zero attached hydrogens (tertiary/aromatic N) is 2. The number of hydrogen-bond donors (Lipinski definition) is 0. The van der Waals surface area contributed by atoms with Crippen LogP contribution in [0.5, 0.6) is 5.88 Å².